The fraction of sp³-hybridized carbons (Fsp3) is 0.882. The monoisotopic (exact) mass is 376 g/mol. The fourth-order valence-electron chi connectivity index (χ4n) is 2.23. The number of hydrogen-bond acceptors (Lipinski definition) is 6. The summed E-state index contributed by atoms with van der Waals surface area (Å²) in [5.74, 6) is 0.911. The fourth-order valence-corrected chi connectivity index (χ4v) is 4.49. The van der Waals surface area contributed by atoms with Crippen LogP contribution in [0.5, 0.6) is 0 Å². The van der Waals surface area contributed by atoms with Gasteiger partial charge in [0, 0.05) is 24.8 Å². The van der Waals surface area contributed by atoms with Gasteiger partial charge in [-0.15, -0.1) is 0 Å². The smallest absolute Gasteiger partial charge is 0.259 e. The van der Waals surface area contributed by atoms with Crippen molar-refractivity contribution in [1.82, 2.24) is 4.67 Å². The Hall–Kier alpha value is -0.180. The molecule has 0 aliphatic carbocycles. The lowest BCUT2D eigenvalue weighted by Gasteiger charge is -2.35. The minimum Gasteiger partial charge on any atom is -0.322 e. The molecule has 0 amide bonds. The maximum atomic E-state index is 10.8. The first-order valence-corrected chi connectivity index (χ1v) is 10.9. The first-order chi connectivity index (χ1) is 11.4. The highest BCUT2D eigenvalue weighted by atomic mass is 32.2. The van der Waals surface area contributed by atoms with E-state index in [1.54, 1.807) is 6.92 Å². The van der Waals surface area contributed by atoms with E-state index in [1.165, 1.54) is 11.8 Å². The maximum Gasteiger partial charge on any atom is 0.259 e. The highest BCUT2D eigenvalue weighted by molar-refractivity contribution is 8.13. The summed E-state index contributed by atoms with van der Waals surface area (Å²) in [4.78, 5) is 10.8. The molecule has 0 heterocycles. The van der Waals surface area contributed by atoms with Gasteiger partial charge in [-0.25, -0.2) is 4.67 Å². The van der Waals surface area contributed by atoms with E-state index in [1.807, 2.05) is 0 Å². The number of rotatable bonds is 14. The zero-order valence-electron chi connectivity index (χ0n) is 15.8. The highest BCUT2D eigenvalue weighted by Crippen LogP contribution is 2.46. The van der Waals surface area contributed by atoms with Crippen LogP contribution in [0.25, 0.3) is 0 Å². The Morgan fingerprint density at radius 1 is 1.08 bits per heavy atom. The molecule has 0 spiro atoms. The van der Waals surface area contributed by atoms with Crippen molar-refractivity contribution in [2.75, 3.05) is 19.0 Å². The number of thioether (sulfide) groups is 1. The van der Waals surface area contributed by atoms with Crippen LogP contribution < -0.4 is 0 Å². The molecule has 0 aromatic rings. The molecule has 140 valence electrons. The zero-order valence-corrected chi connectivity index (χ0v) is 17.5. The van der Waals surface area contributed by atoms with Gasteiger partial charge in [0.1, 0.15) is 0 Å². The Balaban J connectivity index is 4.12. The van der Waals surface area contributed by atoms with Gasteiger partial charge >= 0.3 is 0 Å². The molecule has 0 aromatic heterocycles. The first kappa shape index (κ1) is 23.8. The second-order valence-corrected chi connectivity index (χ2v) is 8.86. The molecular formula is C17H33N2O3PS. The molecule has 0 aromatic carbocycles. The summed E-state index contributed by atoms with van der Waals surface area (Å²) >= 11 is 1.40. The number of nitriles is 1. The van der Waals surface area contributed by atoms with Gasteiger partial charge in [0.25, 0.3) is 8.53 Å². The minimum atomic E-state index is -1.12. The Morgan fingerprint density at radius 2 is 1.67 bits per heavy atom. The number of carbonyl (C=O) groups is 1. The Morgan fingerprint density at radius 3 is 2.21 bits per heavy atom. The Kier molecular flexibility index (Phi) is 15.0. The van der Waals surface area contributed by atoms with Gasteiger partial charge in [0.05, 0.1) is 25.7 Å². The van der Waals surface area contributed by atoms with Crippen LogP contribution in [-0.4, -0.2) is 40.8 Å². The van der Waals surface area contributed by atoms with E-state index in [4.69, 9.17) is 14.3 Å². The predicted octanol–water partition coefficient (Wildman–Crippen LogP) is 5.12. The molecule has 0 N–H and O–H groups in total. The van der Waals surface area contributed by atoms with Crippen molar-refractivity contribution in [3.05, 3.63) is 0 Å². The third-order valence-corrected chi connectivity index (χ3v) is 6.22. The van der Waals surface area contributed by atoms with Crippen molar-refractivity contribution in [1.29, 1.82) is 5.26 Å². The average Bonchev–Trinajstić information content (AvgIpc) is 2.48. The Bertz CT molecular complexity index is 367. The van der Waals surface area contributed by atoms with Crippen molar-refractivity contribution in [2.24, 2.45) is 0 Å². The number of hydrogen-bond donors (Lipinski definition) is 0. The molecule has 0 radical (unpaired) electrons. The predicted molar refractivity (Wildman–Crippen MR) is 103 cm³/mol. The van der Waals surface area contributed by atoms with Gasteiger partial charge in [-0.3, -0.25) is 4.79 Å². The summed E-state index contributed by atoms with van der Waals surface area (Å²) in [6.45, 7) is 11.3. The van der Waals surface area contributed by atoms with Crippen LogP contribution in [0.2, 0.25) is 0 Å². The van der Waals surface area contributed by atoms with E-state index in [2.05, 4.69) is 38.4 Å². The average molecular weight is 377 g/mol. The van der Waals surface area contributed by atoms with E-state index in [0.29, 0.717) is 31.7 Å². The second kappa shape index (κ2) is 15.1. The molecule has 1 atom stereocenters. The molecule has 0 bridgehead atoms. The normalized spacial score (nSPS) is 12.8. The van der Waals surface area contributed by atoms with Gasteiger partial charge in [0.15, 0.2) is 5.12 Å². The summed E-state index contributed by atoms with van der Waals surface area (Å²) < 4.78 is 14.1. The zero-order chi connectivity index (χ0) is 18.4. The molecule has 0 rings (SSSR count). The lowest BCUT2D eigenvalue weighted by atomic mass is 10.2. The van der Waals surface area contributed by atoms with Crippen molar-refractivity contribution >= 4 is 25.4 Å². The topological polar surface area (TPSA) is 62.6 Å². The quantitative estimate of drug-likeness (QED) is 0.310. The van der Waals surface area contributed by atoms with E-state index in [-0.39, 0.29) is 5.12 Å². The standard InChI is InChI=1S/C17H33N2O3PS/c1-15(2)19(16(3)4)23(22-13-10-11-18)21-12-8-6-7-9-14-24-17(5)20/h15-16H,6-10,12-14H2,1-5H3. The van der Waals surface area contributed by atoms with Gasteiger partial charge < -0.3 is 9.05 Å². The minimum absolute atomic E-state index is 0.195. The van der Waals surface area contributed by atoms with Crippen molar-refractivity contribution < 1.29 is 13.8 Å². The molecule has 0 saturated carbocycles. The molecule has 0 saturated heterocycles. The van der Waals surface area contributed by atoms with Crippen molar-refractivity contribution in [3.8, 4) is 6.07 Å². The molecule has 5 nitrogen and oxygen atoms in total. The van der Waals surface area contributed by atoms with Gasteiger partial charge in [-0.2, -0.15) is 5.26 Å². The van der Waals surface area contributed by atoms with Crippen LogP contribution in [0.4, 0.5) is 0 Å². The molecule has 0 aliphatic heterocycles. The summed E-state index contributed by atoms with van der Waals surface area (Å²) in [6, 6.07) is 2.78. The van der Waals surface area contributed by atoms with E-state index in [9.17, 15) is 4.79 Å². The molecule has 0 fully saturated rings. The molecule has 1 unspecified atom stereocenters. The van der Waals surface area contributed by atoms with Crippen LogP contribution in [-0.2, 0) is 13.8 Å². The number of carbonyl (C=O) groups excluding carboxylic acids is 1. The van der Waals surface area contributed by atoms with Gasteiger partial charge in [-0.1, -0.05) is 24.6 Å². The third kappa shape index (κ3) is 12.2. The van der Waals surface area contributed by atoms with Crippen LogP contribution in [0.1, 0.15) is 66.7 Å². The van der Waals surface area contributed by atoms with Crippen LogP contribution in [0.3, 0.4) is 0 Å². The second-order valence-electron chi connectivity index (χ2n) is 6.13. The van der Waals surface area contributed by atoms with E-state index in [0.717, 1.165) is 31.4 Å². The SMILES string of the molecule is CC(=O)SCCCCCCOP(OCCC#N)N(C(C)C)C(C)C. The third-order valence-electron chi connectivity index (χ3n) is 3.21. The molecule has 7 heteroatoms. The van der Waals surface area contributed by atoms with Crippen LogP contribution in [0.15, 0.2) is 0 Å². The lowest BCUT2D eigenvalue weighted by molar-refractivity contribution is -0.109. The molecule has 0 aliphatic rings. The lowest BCUT2D eigenvalue weighted by Crippen LogP contribution is -2.33. The number of unbranched alkanes of at least 4 members (excludes halogenated alkanes) is 3. The van der Waals surface area contributed by atoms with E-state index >= 15 is 0 Å². The van der Waals surface area contributed by atoms with Crippen molar-refractivity contribution in [2.45, 2.75) is 78.8 Å². The van der Waals surface area contributed by atoms with E-state index < -0.39 is 8.53 Å². The summed E-state index contributed by atoms with van der Waals surface area (Å²) in [6.07, 6.45) is 4.68. The molecular weight excluding hydrogens is 343 g/mol. The number of nitrogens with zero attached hydrogens (tertiary/aromatic N) is 2. The molecule has 24 heavy (non-hydrogen) atoms. The Labute approximate surface area is 153 Å². The largest absolute Gasteiger partial charge is 0.322 e. The highest BCUT2D eigenvalue weighted by Gasteiger charge is 2.26. The van der Waals surface area contributed by atoms with Gasteiger partial charge in [0.2, 0.25) is 0 Å². The van der Waals surface area contributed by atoms with Gasteiger partial charge in [-0.05, 0) is 40.5 Å². The summed E-state index contributed by atoms with van der Waals surface area (Å²) in [5.41, 5.74) is 0. The maximum absolute atomic E-state index is 10.8. The summed E-state index contributed by atoms with van der Waals surface area (Å²) in [7, 11) is -1.12. The van der Waals surface area contributed by atoms with Crippen molar-refractivity contribution in [3.63, 3.8) is 0 Å². The first-order valence-electron chi connectivity index (χ1n) is 8.74. The summed E-state index contributed by atoms with van der Waals surface area (Å²) in [5, 5.41) is 8.88. The van der Waals surface area contributed by atoms with Crippen LogP contribution in [0, 0.1) is 11.3 Å². The van der Waals surface area contributed by atoms with Crippen LogP contribution >= 0.6 is 20.3 Å².